The number of nitrogens with zero attached hydrogens (tertiary/aromatic N) is 3. The zero-order chi connectivity index (χ0) is 24.9. The lowest BCUT2D eigenvalue weighted by molar-refractivity contribution is 0.193. The Bertz CT molecular complexity index is 1400. The molecule has 0 saturated heterocycles. The fraction of sp³-hybridized carbons (Fsp3) is 0.250. The number of hydrogen-bond acceptors (Lipinski definition) is 4. The van der Waals surface area contributed by atoms with Crippen molar-refractivity contribution in [3.63, 3.8) is 0 Å². The molecule has 0 aliphatic rings. The van der Waals surface area contributed by atoms with Crippen LogP contribution in [0.25, 0.3) is 16.6 Å². The third-order valence-electron chi connectivity index (χ3n) is 6.18. The van der Waals surface area contributed by atoms with Gasteiger partial charge < -0.3 is 15.0 Å². The first-order valence-corrected chi connectivity index (χ1v) is 11.8. The van der Waals surface area contributed by atoms with Gasteiger partial charge in [0.05, 0.1) is 29.7 Å². The summed E-state index contributed by atoms with van der Waals surface area (Å²) in [6.07, 6.45) is 0.931. The fourth-order valence-electron chi connectivity index (χ4n) is 4.23. The second kappa shape index (κ2) is 10.4. The van der Waals surface area contributed by atoms with E-state index < -0.39 is 6.04 Å². The van der Waals surface area contributed by atoms with Crippen LogP contribution < -0.4 is 15.6 Å². The molecule has 1 atom stereocenters. The highest BCUT2D eigenvalue weighted by Gasteiger charge is 2.27. The Kier molecular flexibility index (Phi) is 7.15. The van der Waals surface area contributed by atoms with Crippen LogP contribution in [0.1, 0.15) is 38.2 Å². The Morgan fingerprint density at radius 3 is 2.40 bits per heavy atom. The molecule has 0 fully saturated rings. The number of carbonyl (C=O) groups excluding carboxylic acids is 1. The van der Waals surface area contributed by atoms with Crippen LogP contribution in [-0.2, 0) is 6.42 Å². The largest absolute Gasteiger partial charge is 0.495 e. The predicted molar refractivity (Wildman–Crippen MR) is 140 cm³/mol. The van der Waals surface area contributed by atoms with Crippen LogP contribution in [0.2, 0.25) is 0 Å². The van der Waals surface area contributed by atoms with Crippen molar-refractivity contribution < 1.29 is 9.53 Å². The molecule has 1 unspecified atom stereocenters. The Hall–Kier alpha value is -4.13. The number of anilines is 1. The van der Waals surface area contributed by atoms with Crippen LogP contribution >= 0.6 is 0 Å². The number of rotatable bonds is 7. The molecule has 35 heavy (non-hydrogen) atoms. The van der Waals surface area contributed by atoms with Gasteiger partial charge in [-0.25, -0.2) is 9.78 Å². The lowest BCUT2D eigenvalue weighted by Gasteiger charge is -2.30. The van der Waals surface area contributed by atoms with Gasteiger partial charge in [0.15, 0.2) is 0 Å². The van der Waals surface area contributed by atoms with Gasteiger partial charge >= 0.3 is 6.03 Å². The number of amides is 2. The number of nitrogens with one attached hydrogen (secondary N) is 1. The SMILES string of the molecule is CCc1ccc(NC(=O)N(CC)C(C)c2nc3ccccc3c(=O)n2-c2ccccc2OC)cc1. The molecule has 4 aromatic rings. The van der Waals surface area contributed by atoms with Crippen molar-refractivity contribution in [2.45, 2.75) is 33.2 Å². The van der Waals surface area contributed by atoms with Crippen molar-refractivity contribution in [1.29, 1.82) is 0 Å². The first-order valence-electron chi connectivity index (χ1n) is 11.8. The van der Waals surface area contributed by atoms with Gasteiger partial charge in [-0.05, 0) is 62.2 Å². The lowest BCUT2D eigenvalue weighted by atomic mass is 10.1. The van der Waals surface area contributed by atoms with Crippen molar-refractivity contribution in [1.82, 2.24) is 14.5 Å². The fourth-order valence-corrected chi connectivity index (χ4v) is 4.23. The van der Waals surface area contributed by atoms with E-state index in [1.54, 1.807) is 28.7 Å². The topological polar surface area (TPSA) is 76.5 Å². The van der Waals surface area contributed by atoms with Crippen LogP contribution in [0.4, 0.5) is 10.5 Å². The molecule has 4 rings (SSSR count). The molecular formula is C28H30N4O3. The maximum absolute atomic E-state index is 13.7. The monoisotopic (exact) mass is 470 g/mol. The molecule has 0 radical (unpaired) electrons. The molecule has 3 aromatic carbocycles. The summed E-state index contributed by atoms with van der Waals surface area (Å²) in [5.41, 5.74) is 2.86. The van der Waals surface area contributed by atoms with E-state index in [0.29, 0.717) is 40.4 Å². The van der Waals surface area contributed by atoms with Crippen molar-refractivity contribution in [2.24, 2.45) is 0 Å². The number of aromatic nitrogens is 2. The molecule has 0 spiro atoms. The first kappa shape index (κ1) is 24.0. The molecule has 7 heteroatoms. The summed E-state index contributed by atoms with van der Waals surface area (Å²) in [6, 6.07) is 21.6. The van der Waals surface area contributed by atoms with E-state index in [-0.39, 0.29) is 11.6 Å². The molecular weight excluding hydrogens is 440 g/mol. The van der Waals surface area contributed by atoms with Gasteiger partial charge in [-0.15, -0.1) is 0 Å². The van der Waals surface area contributed by atoms with E-state index >= 15 is 0 Å². The maximum Gasteiger partial charge on any atom is 0.322 e. The summed E-state index contributed by atoms with van der Waals surface area (Å²) in [5, 5.41) is 3.47. The molecule has 0 aliphatic carbocycles. The molecule has 0 saturated carbocycles. The summed E-state index contributed by atoms with van der Waals surface area (Å²) < 4.78 is 7.11. The summed E-state index contributed by atoms with van der Waals surface area (Å²) in [5.74, 6) is 1.00. The van der Waals surface area contributed by atoms with E-state index in [0.717, 1.165) is 6.42 Å². The third-order valence-corrected chi connectivity index (χ3v) is 6.18. The standard InChI is InChI=1S/C28H30N4O3/c1-5-20-15-17-21(18-16-20)29-28(34)31(6-2)19(3)26-30-23-12-8-7-11-22(23)27(33)32(26)24-13-9-10-14-25(24)35-4/h7-19H,5-6H2,1-4H3,(H,29,34). The molecule has 7 nitrogen and oxygen atoms in total. The number of urea groups is 1. The van der Waals surface area contributed by atoms with Gasteiger partial charge in [0.2, 0.25) is 0 Å². The lowest BCUT2D eigenvalue weighted by Crippen LogP contribution is -2.39. The molecule has 0 aliphatic heterocycles. The predicted octanol–water partition coefficient (Wildman–Crippen LogP) is 5.57. The number of ether oxygens (including phenoxy) is 1. The van der Waals surface area contributed by atoms with Crippen molar-refractivity contribution in [3.8, 4) is 11.4 Å². The minimum atomic E-state index is -0.503. The highest BCUT2D eigenvalue weighted by molar-refractivity contribution is 5.89. The zero-order valence-electron chi connectivity index (χ0n) is 20.5. The van der Waals surface area contributed by atoms with Gasteiger partial charge in [-0.3, -0.25) is 9.36 Å². The Labute approximate surface area is 205 Å². The van der Waals surface area contributed by atoms with Gasteiger partial charge in [0.25, 0.3) is 5.56 Å². The summed E-state index contributed by atoms with van der Waals surface area (Å²) >= 11 is 0. The zero-order valence-corrected chi connectivity index (χ0v) is 20.5. The Morgan fingerprint density at radius 1 is 1.03 bits per heavy atom. The Morgan fingerprint density at radius 2 is 1.71 bits per heavy atom. The van der Waals surface area contributed by atoms with Gasteiger partial charge in [0, 0.05) is 12.2 Å². The third kappa shape index (κ3) is 4.75. The summed E-state index contributed by atoms with van der Waals surface area (Å²) in [6.45, 7) is 6.30. The van der Waals surface area contributed by atoms with Crippen molar-refractivity contribution >= 4 is 22.6 Å². The molecule has 0 bridgehead atoms. The average molecular weight is 471 g/mol. The molecule has 1 heterocycles. The number of carbonyl (C=O) groups is 1. The minimum absolute atomic E-state index is 0.214. The van der Waals surface area contributed by atoms with Gasteiger partial charge in [-0.1, -0.05) is 43.3 Å². The molecule has 180 valence electrons. The van der Waals surface area contributed by atoms with Crippen LogP contribution in [0.3, 0.4) is 0 Å². The summed E-state index contributed by atoms with van der Waals surface area (Å²) in [7, 11) is 1.57. The first-order chi connectivity index (χ1) is 17.0. The van der Waals surface area contributed by atoms with E-state index in [9.17, 15) is 9.59 Å². The number of methoxy groups -OCH3 is 1. The number of fused-ring (bicyclic) bond motifs is 1. The second-order valence-corrected chi connectivity index (χ2v) is 8.24. The normalized spacial score (nSPS) is 11.8. The number of hydrogen-bond donors (Lipinski definition) is 1. The quantitative estimate of drug-likeness (QED) is 0.383. The average Bonchev–Trinajstić information content (AvgIpc) is 2.89. The molecule has 1 aromatic heterocycles. The van der Waals surface area contributed by atoms with E-state index in [1.165, 1.54) is 5.56 Å². The minimum Gasteiger partial charge on any atom is -0.495 e. The maximum atomic E-state index is 13.7. The second-order valence-electron chi connectivity index (χ2n) is 8.24. The molecule has 1 N–H and O–H groups in total. The van der Waals surface area contributed by atoms with Crippen LogP contribution in [0, 0.1) is 0 Å². The summed E-state index contributed by atoms with van der Waals surface area (Å²) in [4.78, 5) is 33.5. The van der Waals surface area contributed by atoms with Crippen LogP contribution in [0.15, 0.2) is 77.6 Å². The van der Waals surface area contributed by atoms with E-state index in [4.69, 9.17) is 9.72 Å². The highest BCUT2D eigenvalue weighted by atomic mass is 16.5. The van der Waals surface area contributed by atoms with Crippen LogP contribution in [-0.4, -0.2) is 34.1 Å². The number of aryl methyl sites for hydroxylation is 1. The molecule has 2 amide bonds. The smallest absolute Gasteiger partial charge is 0.322 e. The van der Waals surface area contributed by atoms with Crippen LogP contribution in [0.5, 0.6) is 5.75 Å². The van der Waals surface area contributed by atoms with Gasteiger partial charge in [0.1, 0.15) is 11.6 Å². The van der Waals surface area contributed by atoms with Crippen molar-refractivity contribution in [2.75, 3.05) is 19.0 Å². The van der Waals surface area contributed by atoms with E-state index in [1.807, 2.05) is 74.5 Å². The highest BCUT2D eigenvalue weighted by Crippen LogP contribution is 2.28. The number of para-hydroxylation sites is 3. The Balaban J connectivity index is 1.80. The van der Waals surface area contributed by atoms with Crippen molar-refractivity contribution in [3.05, 3.63) is 94.5 Å². The van der Waals surface area contributed by atoms with E-state index in [2.05, 4.69) is 12.2 Å². The van der Waals surface area contributed by atoms with Gasteiger partial charge in [-0.2, -0.15) is 0 Å². The number of benzene rings is 3.